The van der Waals surface area contributed by atoms with Crippen molar-refractivity contribution < 1.29 is 5.11 Å². The van der Waals surface area contributed by atoms with Crippen LogP contribution in [0.15, 0.2) is 24.3 Å². The maximum atomic E-state index is 9.54. The first-order valence-corrected chi connectivity index (χ1v) is 7.19. The fraction of sp³-hybridized carbons (Fsp3) is 0.625. The summed E-state index contributed by atoms with van der Waals surface area (Å²) >= 11 is 0. The number of benzene rings is 1. The molecule has 18 heavy (non-hydrogen) atoms. The molecule has 1 heterocycles. The SMILES string of the molecule is CCc1ccc(CN2CCCC2CC(C)O)cc1. The molecule has 1 aliphatic heterocycles. The Morgan fingerprint density at radius 2 is 1.94 bits per heavy atom. The molecule has 2 nitrogen and oxygen atoms in total. The molecule has 1 N–H and O–H groups in total. The van der Waals surface area contributed by atoms with Gasteiger partial charge in [-0.05, 0) is 50.3 Å². The van der Waals surface area contributed by atoms with Crippen molar-refractivity contribution >= 4 is 0 Å². The van der Waals surface area contributed by atoms with Crippen LogP contribution < -0.4 is 0 Å². The number of aliphatic hydroxyl groups excluding tert-OH is 1. The van der Waals surface area contributed by atoms with Gasteiger partial charge in [0.1, 0.15) is 0 Å². The van der Waals surface area contributed by atoms with Crippen molar-refractivity contribution in [3.05, 3.63) is 35.4 Å². The van der Waals surface area contributed by atoms with E-state index in [9.17, 15) is 5.11 Å². The van der Waals surface area contributed by atoms with Gasteiger partial charge in [-0.25, -0.2) is 0 Å². The van der Waals surface area contributed by atoms with E-state index in [2.05, 4.69) is 36.1 Å². The molecule has 0 amide bonds. The maximum Gasteiger partial charge on any atom is 0.0527 e. The first kappa shape index (κ1) is 13.6. The lowest BCUT2D eigenvalue weighted by Gasteiger charge is -2.25. The van der Waals surface area contributed by atoms with Crippen molar-refractivity contribution in [3.63, 3.8) is 0 Å². The minimum Gasteiger partial charge on any atom is -0.393 e. The van der Waals surface area contributed by atoms with E-state index in [1.165, 1.54) is 30.5 Å². The third-order valence-electron chi connectivity index (χ3n) is 3.93. The molecule has 0 spiro atoms. The Hall–Kier alpha value is -0.860. The third kappa shape index (κ3) is 3.56. The number of hydrogen-bond acceptors (Lipinski definition) is 2. The van der Waals surface area contributed by atoms with E-state index in [0.717, 1.165) is 19.4 Å². The largest absolute Gasteiger partial charge is 0.393 e. The van der Waals surface area contributed by atoms with Crippen molar-refractivity contribution in [1.29, 1.82) is 0 Å². The van der Waals surface area contributed by atoms with Crippen LogP contribution in [0.25, 0.3) is 0 Å². The minimum atomic E-state index is -0.182. The second-order valence-corrected chi connectivity index (χ2v) is 5.52. The van der Waals surface area contributed by atoms with E-state index in [-0.39, 0.29) is 6.10 Å². The molecular formula is C16H25NO. The van der Waals surface area contributed by atoms with Crippen molar-refractivity contribution in [1.82, 2.24) is 4.90 Å². The monoisotopic (exact) mass is 247 g/mol. The molecule has 1 saturated heterocycles. The number of nitrogens with zero attached hydrogens (tertiary/aromatic N) is 1. The van der Waals surface area contributed by atoms with E-state index in [1.54, 1.807) is 0 Å². The first-order chi connectivity index (χ1) is 8.69. The van der Waals surface area contributed by atoms with Crippen LogP contribution in [0.4, 0.5) is 0 Å². The van der Waals surface area contributed by atoms with Gasteiger partial charge in [0, 0.05) is 12.6 Å². The molecule has 1 fully saturated rings. The molecule has 2 heteroatoms. The standard InChI is InChI=1S/C16H25NO/c1-3-14-6-8-15(9-7-14)12-17-10-4-5-16(17)11-13(2)18/h6-9,13,16,18H,3-5,10-12H2,1-2H3. The van der Waals surface area contributed by atoms with Gasteiger partial charge in [0.15, 0.2) is 0 Å². The van der Waals surface area contributed by atoms with E-state index >= 15 is 0 Å². The molecular weight excluding hydrogens is 222 g/mol. The van der Waals surface area contributed by atoms with E-state index in [1.807, 2.05) is 6.92 Å². The lowest BCUT2D eigenvalue weighted by atomic mass is 10.1. The zero-order valence-electron chi connectivity index (χ0n) is 11.6. The lowest BCUT2D eigenvalue weighted by molar-refractivity contribution is 0.131. The van der Waals surface area contributed by atoms with E-state index < -0.39 is 0 Å². The Morgan fingerprint density at radius 1 is 1.28 bits per heavy atom. The molecule has 2 unspecified atom stereocenters. The number of hydrogen-bond donors (Lipinski definition) is 1. The Labute approximate surface area is 111 Å². The van der Waals surface area contributed by atoms with Crippen LogP contribution in [0.5, 0.6) is 0 Å². The van der Waals surface area contributed by atoms with Crippen molar-refractivity contribution in [2.24, 2.45) is 0 Å². The number of aliphatic hydroxyl groups is 1. The molecule has 1 aromatic carbocycles. The van der Waals surface area contributed by atoms with Crippen LogP contribution in [0.1, 0.15) is 44.2 Å². The van der Waals surface area contributed by atoms with Gasteiger partial charge in [0.2, 0.25) is 0 Å². The van der Waals surface area contributed by atoms with Crippen molar-refractivity contribution in [2.75, 3.05) is 6.54 Å². The van der Waals surface area contributed by atoms with Gasteiger partial charge in [0.05, 0.1) is 6.10 Å². The second-order valence-electron chi connectivity index (χ2n) is 5.52. The predicted molar refractivity (Wildman–Crippen MR) is 75.5 cm³/mol. The maximum absolute atomic E-state index is 9.54. The molecule has 0 saturated carbocycles. The van der Waals surface area contributed by atoms with Crippen molar-refractivity contribution in [2.45, 2.75) is 58.2 Å². The first-order valence-electron chi connectivity index (χ1n) is 7.19. The Balaban J connectivity index is 1.94. The fourth-order valence-corrected chi connectivity index (χ4v) is 2.88. The highest BCUT2D eigenvalue weighted by molar-refractivity contribution is 5.22. The molecule has 0 aromatic heterocycles. The smallest absolute Gasteiger partial charge is 0.0527 e. The summed E-state index contributed by atoms with van der Waals surface area (Å²) in [5, 5.41) is 9.54. The highest BCUT2D eigenvalue weighted by Gasteiger charge is 2.25. The summed E-state index contributed by atoms with van der Waals surface area (Å²) < 4.78 is 0. The summed E-state index contributed by atoms with van der Waals surface area (Å²) in [7, 11) is 0. The van der Waals surface area contributed by atoms with Crippen LogP contribution in [-0.2, 0) is 13.0 Å². The second kappa shape index (κ2) is 6.35. The summed E-state index contributed by atoms with van der Waals surface area (Å²) in [5.41, 5.74) is 2.80. The zero-order chi connectivity index (χ0) is 13.0. The Bertz CT molecular complexity index is 358. The average Bonchev–Trinajstić information content (AvgIpc) is 2.77. The van der Waals surface area contributed by atoms with Gasteiger partial charge >= 0.3 is 0 Å². The number of likely N-dealkylation sites (tertiary alicyclic amines) is 1. The molecule has 1 aliphatic rings. The molecule has 2 atom stereocenters. The van der Waals surface area contributed by atoms with Gasteiger partial charge in [-0.2, -0.15) is 0 Å². The van der Waals surface area contributed by atoms with E-state index in [4.69, 9.17) is 0 Å². The lowest BCUT2D eigenvalue weighted by Crippen LogP contribution is -2.31. The van der Waals surface area contributed by atoms with Crippen LogP contribution in [0, 0.1) is 0 Å². The normalized spacial score (nSPS) is 22.3. The summed E-state index contributed by atoms with van der Waals surface area (Å²) in [6, 6.07) is 9.52. The van der Waals surface area contributed by atoms with Crippen LogP contribution in [0.2, 0.25) is 0 Å². The molecule has 0 bridgehead atoms. The number of rotatable bonds is 5. The third-order valence-corrected chi connectivity index (χ3v) is 3.93. The van der Waals surface area contributed by atoms with E-state index in [0.29, 0.717) is 6.04 Å². The van der Waals surface area contributed by atoms with Gasteiger partial charge < -0.3 is 5.11 Å². The summed E-state index contributed by atoms with van der Waals surface area (Å²) in [6.45, 7) is 6.29. The molecule has 100 valence electrons. The summed E-state index contributed by atoms with van der Waals surface area (Å²) in [5.74, 6) is 0. The Morgan fingerprint density at radius 3 is 2.56 bits per heavy atom. The van der Waals surface area contributed by atoms with Gasteiger partial charge in [-0.1, -0.05) is 31.2 Å². The Kier molecular flexibility index (Phi) is 4.79. The predicted octanol–water partition coefficient (Wildman–Crippen LogP) is 2.98. The average molecular weight is 247 g/mol. The topological polar surface area (TPSA) is 23.5 Å². The van der Waals surface area contributed by atoms with Gasteiger partial charge in [-0.3, -0.25) is 4.90 Å². The van der Waals surface area contributed by atoms with Gasteiger partial charge in [-0.15, -0.1) is 0 Å². The quantitative estimate of drug-likeness (QED) is 0.864. The zero-order valence-corrected chi connectivity index (χ0v) is 11.6. The minimum absolute atomic E-state index is 0.182. The highest BCUT2D eigenvalue weighted by Crippen LogP contribution is 2.23. The fourth-order valence-electron chi connectivity index (χ4n) is 2.88. The van der Waals surface area contributed by atoms with Gasteiger partial charge in [0.25, 0.3) is 0 Å². The van der Waals surface area contributed by atoms with Crippen LogP contribution in [-0.4, -0.2) is 28.7 Å². The molecule has 0 aliphatic carbocycles. The molecule has 2 rings (SSSR count). The molecule has 0 radical (unpaired) electrons. The summed E-state index contributed by atoms with van der Waals surface area (Å²) in [6.07, 6.45) is 4.34. The summed E-state index contributed by atoms with van der Waals surface area (Å²) in [4.78, 5) is 2.52. The molecule has 1 aromatic rings. The van der Waals surface area contributed by atoms with Crippen molar-refractivity contribution in [3.8, 4) is 0 Å². The number of aryl methyl sites for hydroxylation is 1. The highest BCUT2D eigenvalue weighted by atomic mass is 16.3. The van der Waals surface area contributed by atoms with Crippen LogP contribution >= 0.6 is 0 Å². The van der Waals surface area contributed by atoms with Crippen LogP contribution in [0.3, 0.4) is 0 Å².